The number of hydrogen-bond donors (Lipinski definition) is 1. The average molecular weight is 410 g/mol. The van der Waals surface area contributed by atoms with Crippen LogP contribution >= 0.6 is 15.9 Å². The number of methoxy groups -OCH3 is 1. The van der Waals surface area contributed by atoms with Crippen molar-refractivity contribution in [2.24, 2.45) is 0 Å². The molecular formula is C18H17BrFNO4. The number of hydrogen-bond acceptors (Lipinski definition) is 4. The zero-order chi connectivity index (χ0) is 18.6. The normalized spacial score (nSPS) is 11.6. The van der Waals surface area contributed by atoms with E-state index in [0.717, 1.165) is 5.56 Å². The Morgan fingerprint density at radius 2 is 1.92 bits per heavy atom. The van der Waals surface area contributed by atoms with Crippen molar-refractivity contribution >= 4 is 33.5 Å². The summed E-state index contributed by atoms with van der Waals surface area (Å²) in [7, 11) is 1.44. The lowest BCUT2D eigenvalue weighted by Crippen LogP contribution is -2.30. The van der Waals surface area contributed by atoms with Crippen molar-refractivity contribution in [1.82, 2.24) is 0 Å². The molecule has 25 heavy (non-hydrogen) atoms. The van der Waals surface area contributed by atoms with Gasteiger partial charge in [-0.15, -0.1) is 0 Å². The number of amides is 1. The minimum absolute atomic E-state index is 0.00392. The summed E-state index contributed by atoms with van der Waals surface area (Å²) < 4.78 is 24.6. The molecule has 0 aliphatic heterocycles. The molecule has 1 atom stereocenters. The Labute approximate surface area is 153 Å². The Balaban J connectivity index is 2.08. The van der Waals surface area contributed by atoms with Crippen molar-refractivity contribution in [3.63, 3.8) is 0 Å². The van der Waals surface area contributed by atoms with Gasteiger partial charge in [-0.05, 0) is 44.2 Å². The molecule has 132 valence electrons. The van der Waals surface area contributed by atoms with Crippen molar-refractivity contribution in [3.8, 4) is 5.75 Å². The molecule has 0 saturated heterocycles. The van der Waals surface area contributed by atoms with Crippen LogP contribution in [0.25, 0.3) is 0 Å². The van der Waals surface area contributed by atoms with Crippen LogP contribution < -0.4 is 10.1 Å². The minimum atomic E-state index is -1.11. The third-order valence-electron chi connectivity index (χ3n) is 3.42. The second-order valence-corrected chi connectivity index (χ2v) is 6.28. The van der Waals surface area contributed by atoms with E-state index in [1.165, 1.54) is 26.2 Å². The average Bonchev–Trinajstić information content (AvgIpc) is 2.57. The van der Waals surface area contributed by atoms with Crippen LogP contribution in [0.2, 0.25) is 0 Å². The van der Waals surface area contributed by atoms with Crippen LogP contribution in [0.3, 0.4) is 0 Å². The van der Waals surface area contributed by atoms with E-state index >= 15 is 0 Å². The van der Waals surface area contributed by atoms with Crippen LogP contribution in [-0.4, -0.2) is 25.1 Å². The van der Waals surface area contributed by atoms with E-state index in [1.54, 1.807) is 24.3 Å². The standard InChI is InChI=1S/C18H17BrFNO4/c1-10-4-7-16(24-3)13(8-10)18(23)25-11(2)17(22)21-15-6-5-12(19)9-14(15)20/h4-9,11H,1-3H3,(H,21,22)/t11-/m0/s1. The van der Waals surface area contributed by atoms with Crippen LogP contribution in [0, 0.1) is 12.7 Å². The van der Waals surface area contributed by atoms with E-state index in [4.69, 9.17) is 9.47 Å². The van der Waals surface area contributed by atoms with E-state index in [2.05, 4.69) is 21.2 Å². The summed E-state index contributed by atoms with van der Waals surface area (Å²) in [6, 6.07) is 9.28. The van der Waals surface area contributed by atoms with Crippen molar-refractivity contribution in [1.29, 1.82) is 0 Å². The van der Waals surface area contributed by atoms with E-state index in [9.17, 15) is 14.0 Å². The Hall–Kier alpha value is -2.41. The molecule has 0 aromatic heterocycles. The molecule has 0 bridgehead atoms. The molecule has 1 amide bonds. The van der Waals surface area contributed by atoms with Gasteiger partial charge in [0.25, 0.3) is 5.91 Å². The monoisotopic (exact) mass is 409 g/mol. The summed E-state index contributed by atoms with van der Waals surface area (Å²) in [5.41, 5.74) is 1.07. The maximum atomic E-state index is 13.8. The second-order valence-electron chi connectivity index (χ2n) is 5.36. The number of carbonyl (C=O) groups excluding carboxylic acids is 2. The first kappa shape index (κ1) is 18.9. The summed E-state index contributed by atoms with van der Waals surface area (Å²) in [6.45, 7) is 3.23. The number of aryl methyl sites for hydroxylation is 1. The van der Waals surface area contributed by atoms with Crippen LogP contribution in [-0.2, 0) is 9.53 Å². The van der Waals surface area contributed by atoms with Crippen LogP contribution in [0.5, 0.6) is 5.75 Å². The molecule has 2 aromatic rings. The zero-order valence-electron chi connectivity index (χ0n) is 13.9. The lowest BCUT2D eigenvalue weighted by atomic mass is 10.1. The summed E-state index contributed by atoms with van der Waals surface area (Å²) in [4.78, 5) is 24.4. The lowest BCUT2D eigenvalue weighted by Gasteiger charge is -2.15. The van der Waals surface area contributed by atoms with Crippen molar-refractivity contribution in [3.05, 3.63) is 57.8 Å². The number of esters is 1. The van der Waals surface area contributed by atoms with Gasteiger partial charge < -0.3 is 14.8 Å². The molecular weight excluding hydrogens is 393 g/mol. The first-order valence-electron chi connectivity index (χ1n) is 7.43. The van der Waals surface area contributed by atoms with Gasteiger partial charge in [0.05, 0.1) is 12.8 Å². The number of rotatable bonds is 5. The van der Waals surface area contributed by atoms with Crippen molar-refractivity contribution in [2.45, 2.75) is 20.0 Å². The number of benzene rings is 2. The highest BCUT2D eigenvalue weighted by Gasteiger charge is 2.22. The third-order valence-corrected chi connectivity index (χ3v) is 3.91. The maximum absolute atomic E-state index is 13.8. The van der Waals surface area contributed by atoms with E-state index < -0.39 is 23.8 Å². The molecule has 0 fully saturated rings. The van der Waals surface area contributed by atoms with Crippen LogP contribution in [0.15, 0.2) is 40.9 Å². The molecule has 0 saturated carbocycles. The Morgan fingerprint density at radius 3 is 2.56 bits per heavy atom. The highest BCUT2D eigenvalue weighted by atomic mass is 79.9. The van der Waals surface area contributed by atoms with Gasteiger partial charge in [0.15, 0.2) is 6.10 Å². The molecule has 1 N–H and O–H groups in total. The smallest absolute Gasteiger partial charge is 0.342 e. The quantitative estimate of drug-likeness (QED) is 0.755. The number of anilines is 1. The molecule has 0 radical (unpaired) electrons. The Kier molecular flexibility index (Phi) is 6.14. The summed E-state index contributed by atoms with van der Waals surface area (Å²) in [5.74, 6) is -1.58. The van der Waals surface area contributed by atoms with Gasteiger partial charge in [0, 0.05) is 4.47 Å². The maximum Gasteiger partial charge on any atom is 0.342 e. The summed E-state index contributed by atoms with van der Waals surface area (Å²) in [5, 5.41) is 2.39. The van der Waals surface area contributed by atoms with E-state index in [0.29, 0.717) is 10.2 Å². The first-order valence-corrected chi connectivity index (χ1v) is 8.22. The number of halogens is 2. The third kappa shape index (κ3) is 4.79. The van der Waals surface area contributed by atoms with Gasteiger partial charge in [-0.25, -0.2) is 9.18 Å². The fraction of sp³-hybridized carbons (Fsp3) is 0.222. The zero-order valence-corrected chi connectivity index (χ0v) is 15.5. The topological polar surface area (TPSA) is 64.6 Å². The lowest BCUT2D eigenvalue weighted by molar-refractivity contribution is -0.123. The molecule has 0 aliphatic carbocycles. The Bertz CT molecular complexity index is 810. The molecule has 2 rings (SSSR count). The summed E-state index contributed by atoms with van der Waals surface area (Å²) >= 11 is 3.14. The fourth-order valence-corrected chi connectivity index (χ4v) is 2.42. The SMILES string of the molecule is COc1ccc(C)cc1C(=O)O[C@@H](C)C(=O)Nc1ccc(Br)cc1F. The molecule has 0 aliphatic rings. The van der Waals surface area contributed by atoms with Gasteiger partial charge in [0.1, 0.15) is 17.1 Å². The van der Waals surface area contributed by atoms with Crippen molar-refractivity contribution < 1.29 is 23.5 Å². The number of ether oxygens (including phenoxy) is 2. The highest BCUT2D eigenvalue weighted by molar-refractivity contribution is 9.10. The molecule has 0 unspecified atom stereocenters. The minimum Gasteiger partial charge on any atom is -0.496 e. The largest absolute Gasteiger partial charge is 0.496 e. The Morgan fingerprint density at radius 1 is 1.20 bits per heavy atom. The van der Waals surface area contributed by atoms with Gasteiger partial charge in [-0.2, -0.15) is 0 Å². The van der Waals surface area contributed by atoms with Crippen LogP contribution in [0.1, 0.15) is 22.8 Å². The highest BCUT2D eigenvalue weighted by Crippen LogP contribution is 2.22. The number of nitrogens with one attached hydrogen (secondary N) is 1. The van der Waals surface area contributed by atoms with E-state index in [1.807, 2.05) is 6.92 Å². The predicted molar refractivity (Wildman–Crippen MR) is 95.3 cm³/mol. The first-order chi connectivity index (χ1) is 11.8. The molecule has 0 heterocycles. The van der Waals surface area contributed by atoms with Gasteiger partial charge >= 0.3 is 5.97 Å². The number of carbonyl (C=O) groups is 2. The van der Waals surface area contributed by atoms with Gasteiger partial charge in [-0.3, -0.25) is 4.79 Å². The van der Waals surface area contributed by atoms with Crippen LogP contribution in [0.4, 0.5) is 10.1 Å². The van der Waals surface area contributed by atoms with Gasteiger partial charge in [0.2, 0.25) is 0 Å². The van der Waals surface area contributed by atoms with Crippen molar-refractivity contribution in [2.75, 3.05) is 12.4 Å². The molecule has 2 aromatic carbocycles. The van der Waals surface area contributed by atoms with Gasteiger partial charge in [-0.1, -0.05) is 27.6 Å². The van der Waals surface area contributed by atoms with E-state index in [-0.39, 0.29) is 11.3 Å². The molecule has 0 spiro atoms. The second kappa shape index (κ2) is 8.11. The fourth-order valence-electron chi connectivity index (χ4n) is 2.08. The molecule has 7 heteroatoms. The summed E-state index contributed by atoms with van der Waals surface area (Å²) in [6.07, 6.45) is -1.11. The predicted octanol–water partition coefficient (Wildman–Crippen LogP) is 4.09. The molecule has 5 nitrogen and oxygen atoms in total.